The number of benzene rings is 2. The van der Waals surface area contributed by atoms with Crippen LogP contribution < -0.4 is 14.8 Å². The smallest absolute Gasteiger partial charge is 0.387 e. The Balaban J connectivity index is 2.10. The Labute approximate surface area is 149 Å². The Hall–Kier alpha value is -2.60. The zero-order chi connectivity index (χ0) is 18.2. The van der Waals surface area contributed by atoms with E-state index in [1.807, 2.05) is 0 Å². The summed E-state index contributed by atoms with van der Waals surface area (Å²) >= 11 is 5.97. The van der Waals surface area contributed by atoms with Crippen LogP contribution in [0.5, 0.6) is 11.5 Å². The second-order valence-electron chi connectivity index (χ2n) is 4.82. The lowest BCUT2D eigenvalue weighted by molar-refractivity contribution is -0.111. The van der Waals surface area contributed by atoms with Gasteiger partial charge in [0.15, 0.2) is 11.5 Å². The molecule has 0 aliphatic carbocycles. The molecular formula is C18H16ClF2NO3. The van der Waals surface area contributed by atoms with Gasteiger partial charge >= 0.3 is 6.61 Å². The summed E-state index contributed by atoms with van der Waals surface area (Å²) in [4.78, 5) is 11.9. The Bertz CT molecular complexity index is 766. The number of rotatable bonds is 7. The van der Waals surface area contributed by atoms with Crippen molar-refractivity contribution in [2.24, 2.45) is 0 Å². The molecule has 132 valence electrons. The number of carbonyl (C=O) groups excluding carboxylic acids is 1. The van der Waals surface area contributed by atoms with Crippen LogP contribution in [0.15, 0.2) is 48.5 Å². The van der Waals surface area contributed by atoms with Crippen molar-refractivity contribution in [1.29, 1.82) is 0 Å². The summed E-state index contributed by atoms with van der Waals surface area (Å²) in [5.74, 6) is -0.259. The van der Waals surface area contributed by atoms with E-state index in [4.69, 9.17) is 16.3 Å². The van der Waals surface area contributed by atoms with Crippen molar-refractivity contribution in [2.45, 2.75) is 13.5 Å². The first-order chi connectivity index (χ1) is 12.0. The third kappa shape index (κ3) is 5.76. The van der Waals surface area contributed by atoms with Crippen molar-refractivity contribution in [3.05, 3.63) is 59.1 Å². The fourth-order valence-electron chi connectivity index (χ4n) is 2.00. The highest BCUT2D eigenvalue weighted by atomic mass is 35.5. The van der Waals surface area contributed by atoms with Gasteiger partial charge in [-0.3, -0.25) is 4.79 Å². The molecule has 2 aromatic rings. The lowest BCUT2D eigenvalue weighted by atomic mass is 10.2. The molecule has 0 fully saturated rings. The molecule has 0 radical (unpaired) electrons. The van der Waals surface area contributed by atoms with Crippen LogP contribution in [-0.4, -0.2) is 19.1 Å². The predicted octanol–water partition coefficient (Wildman–Crippen LogP) is 4.99. The number of hydrogen-bond acceptors (Lipinski definition) is 3. The first-order valence-corrected chi connectivity index (χ1v) is 7.82. The number of anilines is 1. The second kappa shape index (κ2) is 9.03. The van der Waals surface area contributed by atoms with Crippen molar-refractivity contribution in [2.75, 3.05) is 11.9 Å². The maximum absolute atomic E-state index is 12.4. The summed E-state index contributed by atoms with van der Waals surface area (Å²) in [5, 5.41) is 3.07. The molecule has 0 aliphatic rings. The maximum Gasteiger partial charge on any atom is 0.387 e. The molecule has 2 rings (SSSR count). The molecule has 0 aromatic heterocycles. The number of para-hydroxylation sites is 1. The summed E-state index contributed by atoms with van der Waals surface area (Å²) in [6.45, 7) is -0.923. The highest BCUT2D eigenvalue weighted by Gasteiger charge is 2.11. The zero-order valence-electron chi connectivity index (χ0n) is 13.3. The Morgan fingerprint density at radius 1 is 1.24 bits per heavy atom. The maximum atomic E-state index is 12.4. The van der Waals surface area contributed by atoms with Crippen LogP contribution in [0.2, 0.25) is 5.02 Å². The van der Waals surface area contributed by atoms with Crippen molar-refractivity contribution in [1.82, 2.24) is 0 Å². The van der Waals surface area contributed by atoms with Crippen molar-refractivity contribution in [3.8, 4) is 11.5 Å². The van der Waals surface area contributed by atoms with Gasteiger partial charge in [-0.2, -0.15) is 8.78 Å². The molecule has 0 bridgehead atoms. The first-order valence-electron chi connectivity index (χ1n) is 7.45. The molecule has 0 saturated heterocycles. The number of amides is 1. The van der Waals surface area contributed by atoms with Crippen molar-refractivity contribution < 1.29 is 23.0 Å². The molecule has 0 saturated carbocycles. The minimum Gasteiger partial charge on any atom is -0.490 e. The average Bonchev–Trinajstić information content (AvgIpc) is 2.57. The van der Waals surface area contributed by atoms with E-state index in [1.165, 1.54) is 24.3 Å². The quantitative estimate of drug-likeness (QED) is 0.701. The number of nitrogens with one attached hydrogen (secondary N) is 1. The van der Waals surface area contributed by atoms with E-state index in [9.17, 15) is 13.6 Å². The van der Waals surface area contributed by atoms with Gasteiger partial charge in [-0.05, 0) is 42.8 Å². The zero-order valence-corrected chi connectivity index (χ0v) is 14.1. The van der Waals surface area contributed by atoms with Gasteiger partial charge in [-0.15, -0.1) is 0 Å². The van der Waals surface area contributed by atoms with E-state index in [2.05, 4.69) is 10.1 Å². The number of alkyl halides is 2. The van der Waals surface area contributed by atoms with Gasteiger partial charge in [0.25, 0.3) is 0 Å². The van der Waals surface area contributed by atoms with Gasteiger partial charge in [-0.1, -0.05) is 29.8 Å². The Morgan fingerprint density at radius 3 is 2.68 bits per heavy atom. The molecule has 2 aromatic carbocycles. The summed E-state index contributed by atoms with van der Waals surface area (Å²) in [7, 11) is 0. The molecule has 1 N–H and O–H groups in total. The van der Waals surface area contributed by atoms with Crippen molar-refractivity contribution in [3.63, 3.8) is 0 Å². The van der Waals surface area contributed by atoms with E-state index in [0.717, 1.165) is 0 Å². The molecule has 7 heteroatoms. The molecule has 0 aliphatic heterocycles. The van der Waals surface area contributed by atoms with Crippen LogP contribution in [0.25, 0.3) is 6.08 Å². The van der Waals surface area contributed by atoms with E-state index in [1.54, 1.807) is 37.3 Å². The number of ether oxygens (including phenoxy) is 2. The summed E-state index contributed by atoms with van der Waals surface area (Å²) in [5.41, 5.74) is 1.09. The molecule has 0 atom stereocenters. The topological polar surface area (TPSA) is 47.6 Å². The number of halogens is 3. The Kier molecular flexibility index (Phi) is 6.77. The first kappa shape index (κ1) is 18.7. The normalized spacial score (nSPS) is 10.9. The molecule has 0 spiro atoms. The minimum absolute atomic E-state index is 0.0606. The fraction of sp³-hybridized carbons (Fsp3) is 0.167. The summed E-state index contributed by atoms with van der Waals surface area (Å²) in [6.07, 6.45) is 2.84. The van der Waals surface area contributed by atoms with Gasteiger partial charge in [0.1, 0.15) is 0 Å². The molecule has 4 nitrogen and oxygen atoms in total. The van der Waals surface area contributed by atoms with Crippen LogP contribution in [0.3, 0.4) is 0 Å². The highest BCUT2D eigenvalue weighted by molar-refractivity contribution is 6.33. The molecule has 0 unspecified atom stereocenters. The highest BCUT2D eigenvalue weighted by Crippen LogP contribution is 2.30. The summed E-state index contributed by atoms with van der Waals surface area (Å²) in [6, 6.07) is 11.3. The number of hydrogen-bond donors (Lipinski definition) is 1. The van der Waals surface area contributed by atoms with Crippen LogP contribution in [0.4, 0.5) is 14.5 Å². The number of carbonyl (C=O) groups is 1. The lowest BCUT2D eigenvalue weighted by Gasteiger charge is -2.11. The monoisotopic (exact) mass is 367 g/mol. The van der Waals surface area contributed by atoms with Crippen LogP contribution in [0, 0.1) is 0 Å². The molecular weight excluding hydrogens is 352 g/mol. The van der Waals surface area contributed by atoms with Gasteiger partial charge < -0.3 is 14.8 Å². The Morgan fingerprint density at radius 2 is 2.00 bits per heavy atom. The predicted molar refractivity (Wildman–Crippen MR) is 93.4 cm³/mol. The summed E-state index contributed by atoms with van der Waals surface area (Å²) < 4.78 is 34.4. The standard InChI is InChI=1S/C18H16ClF2NO3/c1-2-24-16-11-12(7-9-15(16)25-18(20)21)8-10-17(23)22-14-6-4-3-5-13(14)19/h3-11,18H,2H2,1H3,(H,22,23)/b10-8+. The minimum atomic E-state index is -2.94. The van der Waals surface area contributed by atoms with Gasteiger partial charge in [0.2, 0.25) is 5.91 Å². The fourth-order valence-corrected chi connectivity index (χ4v) is 2.18. The van der Waals surface area contributed by atoms with Gasteiger partial charge in [0.05, 0.1) is 17.3 Å². The second-order valence-corrected chi connectivity index (χ2v) is 5.23. The average molecular weight is 368 g/mol. The molecule has 25 heavy (non-hydrogen) atoms. The van der Waals surface area contributed by atoms with E-state index >= 15 is 0 Å². The van der Waals surface area contributed by atoms with E-state index < -0.39 is 6.61 Å². The molecule has 0 heterocycles. The van der Waals surface area contributed by atoms with Crippen LogP contribution >= 0.6 is 11.6 Å². The SMILES string of the molecule is CCOc1cc(/C=C/C(=O)Nc2ccccc2Cl)ccc1OC(F)F. The van der Waals surface area contributed by atoms with Gasteiger partial charge in [0, 0.05) is 6.08 Å². The third-order valence-corrected chi connectivity index (χ3v) is 3.37. The molecule has 1 amide bonds. The largest absolute Gasteiger partial charge is 0.490 e. The van der Waals surface area contributed by atoms with Crippen LogP contribution in [-0.2, 0) is 4.79 Å². The van der Waals surface area contributed by atoms with Crippen molar-refractivity contribution >= 4 is 29.3 Å². The van der Waals surface area contributed by atoms with E-state index in [0.29, 0.717) is 22.9 Å². The van der Waals surface area contributed by atoms with Crippen LogP contribution in [0.1, 0.15) is 12.5 Å². The third-order valence-electron chi connectivity index (χ3n) is 3.04. The lowest BCUT2D eigenvalue weighted by Crippen LogP contribution is -2.08. The van der Waals surface area contributed by atoms with Gasteiger partial charge in [-0.25, -0.2) is 0 Å². The van der Waals surface area contributed by atoms with E-state index in [-0.39, 0.29) is 17.4 Å².